The van der Waals surface area contributed by atoms with Crippen LogP contribution in [0.1, 0.15) is 52.4 Å². The normalized spacial score (nSPS) is 22.9. The van der Waals surface area contributed by atoms with E-state index in [4.69, 9.17) is 11.6 Å². The van der Waals surface area contributed by atoms with Crippen LogP contribution in [0.5, 0.6) is 0 Å². The van der Waals surface area contributed by atoms with E-state index in [2.05, 4.69) is 9.39 Å². The van der Waals surface area contributed by atoms with Gasteiger partial charge in [-0.1, -0.05) is 26.7 Å². The topological polar surface area (TPSA) is 55.3 Å². The fourth-order valence-corrected chi connectivity index (χ4v) is 1.86. The molecule has 0 bridgehead atoms. The Kier molecular flexibility index (Phi) is 7.92. The summed E-state index contributed by atoms with van der Waals surface area (Å²) >= 11 is 0. The lowest BCUT2D eigenvalue weighted by Crippen LogP contribution is -2.23. The minimum absolute atomic E-state index is 0.965. The molecular formula is C10H24N3P. The van der Waals surface area contributed by atoms with Gasteiger partial charge in [0.1, 0.15) is 0 Å². The Morgan fingerprint density at radius 2 is 1.57 bits per heavy atom. The number of hydrogen-bond donors (Lipinski definition) is 2. The van der Waals surface area contributed by atoms with Crippen molar-refractivity contribution < 1.29 is 0 Å². The maximum Gasteiger partial charge on any atom is 0.0513 e. The highest BCUT2D eigenvalue weighted by Gasteiger charge is 2.09. The number of nitrogens with two attached hydrogens (primary N) is 2. The van der Waals surface area contributed by atoms with Crippen molar-refractivity contribution in [3.8, 4) is 0 Å². The second kappa shape index (κ2) is 8.07. The summed E-state index contributed by atoms with van der Waals surface area (Å²) in [7, 11) is 2.46. The molecule has 84 valence electrons. The molecule has 0 aliphatic heterocycles. The van der Waals surface area contributed by atoms with E-state index in [1.165, 1.54) is 25.7 Å². The molecule has 0 aromatic heterocycles. The second-order valence-electron chi connectivity index (χ2n) is 3.29. The molecule has 0 aromatic rings. The maximum atomic E-state index is 5.89. The van der Waals surface area contributed by atoms with Gasteiger partial charge in [0.2, 0.25) is 0 Å². The largest absolute Gasteiger partial charge is 0.401 e. The zero-order valence-electron chi connectivity index (χ0n) is 9.42. The summed E-state index contributed by atoms with van der Waals surface area (Å²) in [5, 5.41) is 0. The molecule has 0 fully saturated rings. The van der Waals surface area contributed by atoms with Crippen molar-refractivity contribution in [1.29, 1.82) is 0 Å². The van der Waals surface area contributed by atoms with Crippen LogP contribution in [0.25, 0.3) is 0 Å². The smallest absolute Gasteiger partial charge is 0.0513 e. The molecule has 4 heteroatoms. The third-order valence-electron chi connectivity index (χ3n) is 2.29. The Bertz CT molecular complexity index is 178. The molecule has 0 spiro atoms. The monoisotopic (exact) mass is 217 g/mol. The van der Waals surface area contributed by atoms with Gasteiger partial charge in [-0.15, -0.1) is 0 Å². The van der Waals surface area contributed by atoms with Gasteiger partial charge in [-0.3, -0.25) is 4.78 Å². The Balaban J connectivity index is 0.000000791. The number of allylic oxidation sites excluding steroid dienone is 2. The number of hydrogen-bond acceptors (Lipinski definition) is 3. The summed E-state index contributed by atoms with van der Waals surface area (Å²) < 4.78 is 1.58. The lowest BCUT2D eigenvalue weighted by molar-refractivity contribution is 0.511. The molecule has 0 aromatic carbocycles. The van der Waals surface area contributed by atoms with Gasteiger partial charge < -0.3 is 5.73 Å². The third-order valence-corrected chi connectivity index (χ3v) is 2.60. The van der Waals surface area contributed by atoms with E-state index in [1.807, 2.05) is 13.8 Å². The molecule has 1 aliphatic rings. The van der Waals surface area contributed by atoms with Gasteiger partial charge in [-0.25, -0.2) is 5.84 Å². The number of nitrogens with zero attached hydrogens (tertiary/aromatic N) is 1. The number of hydrazine groups is 1. The summed E-state index contributed by atoms with van der Waals surface area (Å²) in [5.41, 5.74) is 7.96. The van der Waals surface area contributed by atoms with Crippen molar-refractivity contribution >= 4 is 9.39 Å². The summed E-state index contributed by atoms with van der Waals surface area (Å²) in [4.78, 5) is 0. The van der Waals surface area contributed by atoms with Crippen LogP contribution in [0.4, 0.5) is 0 Å². The average molecular weight is 217 g/mol. The molecule has 1 unspecified atom stereocenters. The van der Waals surface area contributed by atoms with Crippen molar-refractivity contribution in [3.63, 3.8) is 0 Å². The van der Waals surface area contributed by atoms with E-state index < -0.39 is 0 Å². The Morgan fingerprint density at radius 1 is 1.07 bits per heavy atom. The van der Waals surface area contributed by atoms with Gasteiger partial charge in [0.25, 0.3) is 0 Å². The molecule has 14 heavy (non-hydrogen) atoms. The average Bonchev–Trinajstić information content (AvgIpc) is 2.14. The van der Waals surface area contributed by atoms with Gasteiger partial charge in [0.05, 0.1) is 5.70 Å². The zero-order valence-corrected chi connectivity index (χ0v) is 10.6. The molecule has 4 N–H and O–H groups in total. The Morgan fingerprint density at radius 3 is 2.07 bits per heavy atom. The molecule has 1 atom stereocenters. The first kappa shape index (κ1) is 13.7. The van der Waals surface area contributed by atoms with E-state index in [9.17, 15) is 0 Å². The molecule has 0 saturated carbocycles. The summed E-state index contributed by atoms with van der Waals surface area (Å²) in [5.74, 6) is 5.64. The van der Waals surface area contributed by atoms with Crippen molar-refractivity contribution in [2.24, 2.45) is 11.6 Å². The first-order chi connectivity index (χ1) is 6.72. The highest BCUT2D eigenvalue weighted by Crippen LogP contribution is 2.22. The van der Waals surface area contributed by atoms with Crippen molar-refractivity contribution in [3.05, 3.63) is 11.4 Å². The lowest BCUT2D eigenvalue weighted by Gasteiger charge is -2.21. The van der Waals surface area contributed by atoms with Crippen LogP contribution in [0, 0.1) is 0 Å². The van der Waals surface area contributed by atoms with Crippen LogP contribution in [-0.2, 0) is 0 Å². The fourth-order valence-electron chi connectivity index (χ4n) is 1.56. The molecular weight excluding hydrogens is 193 g/mol. The standard InChI is InChI=1S/C8H18N3P.C2H6/c9-7-5-3-1-2-4-6-8(7)11(10)12;1-2/h1-6,9-10,12H2;1-2H3/b8-7-;. The summed E-state index contributed by atoms with van der Waals surface area (Å²) in [6.45, 7) is 4.00. The fraction of sp³-hybridized carbons (Fsp3) is 0.800. The predicted molar refractivity (Wildman–Crippen MR) is 66.0 cm³/mol. The van der Waals surface area contributed by atoms with Crippen LogP contribution >= 0.6 is 9.39 Å². The summed E-state index contributed by atoms with van der Waals surface area (Å²) in [6, 6.07) is 0. The van der Waals surface area contributed by atoms with E-state index in [-0.39, 0.29) is 0 Å². The van der Waals surface area contributed by atoms with Gasteiger partial charge >= 0.3 is 0 Å². The molecule has 0 saturated heterocycles. The Labute approximate surface area is 90.1 Å². The maximum absolute atomic E-state index is 5.89. The molecule has 3 nitrogen and oxygen atoms in total. The predicted octanol–water partition coefficient (Wildman–Crippen LogP) is 2.50. The third kappa shape index (κ3) is 4.83. The van der Waals surface area contributed by atoms with Crippen molar-refractivity contribution in [2.45, 2.75) is 52.4 Å². The Hall–Kier alpha value is -0.270. The molecule has 1 rings (SSSR count). The van der Waals surface area contributed by atoms with Gasteiger partial charge in [-0.2, -0.15) is 0 Å². The van der Waals surface area contributed by atoms with Crippen molar-refractivity contribution in [2.75, 3.05) is 0 Å². The molecule has 1 aliphatic carbocycles. The first-order valence-corrected chi connectivity index (χ1v) is 6.00. The van der Waals surface area contributed by atoms with Gasteiger partial charge in [0, 0.05) is 5.70 Å². The zero-order chi connectivity index (χ0) is 11.0. The van der Waals surface area contributed by atoms with Crippen LogP contribution in [0.3, 0.4) is 0 Å². The second-order valence-corrected chi connectivity index (χ2v) is 3.85. The quantitative estimate of drug-likeness (QED) is 0.403. The number of rotatable bonds is 1. The SMILES string of the molecule is CC.N/C1=C(\N(N)P)CCCCCC1. The van der Waals surface area contributed by atoms with E-state index in [0.717, 1.165) is 24.2 Å². The van der Waals surface area contributed by atoms with Crippen molar-refractivity contribution in [1.82, 2.24) is 4.78 Å². The highest BCUT2D eigenvalue weighted by atomic mass is 31.0. The van der Waals surface area contributed by atoms with E-state index in [1.54, 1.807) is 4.78 Å². The van der Waals surface area contributed by atoms with E-state index >= 15 is 0 Å². The van der Waals surface area contributed by atoms with Crippen LogP contribution in [0.2, 0.25) is 0 Å². The highest BCUT2D eigenvalue weighted by molar-refractivity contribution is 7.13. The minimum atomic E-state index is 0.965. The molecule has 0 amide bonds. The van der Waals surface area contributed by atoms with Gasteiger partial charge in [0.15, 0.2) is 0 Å². The van der Waals surface area contributed by atoms with Crippen LogP contribution < -0.4 is 11.6 Å². The summed E-state index contributed by atoms with van der Waals surface area (Å²) in [6.07, 6.45) is 7.03. The van der Waals surface area contributed by atoms with E-state index in [0.29, 0.717) is 0 Å². The molecule has 0 heterocycles. The van der Waals surface area contributed by atoms with Crippen LogP contribution in [-0.4, -0.2) is 4.78 Å². The lowest BCUT2D eigenvalue weighted by atomic mass is 10.0. The first-order valence-electron chi connectivity index (χ1n) is 5.49. The van der Waals surface area contributed by atoms with Gasteiger partial charge in [-0.05, 0) is 35.1 Å². The minimum Gasteiger partial charge on any atom is -0.401 e. The molecule has 0 radical (unpaired) electrons. The van der Waals surface area contributed by atoms with Crippen LogP contribution in [0.15, 0.2) is 11.4 Å².